The molecule has 1 saturated heterocycles. The Morgan fingerprint density at radius 1 is 1.38 bits per heavy atom. The van der Waals surface area contributed by atoms with Gasteiger partial charge in [0, 0.05) is 31.4 Å². The minimum atomic E-state index is -0.0215. The van der Waals surface area contributed by atoms with Gasteiger partial charge < -0.3 is 0 Å². The molecule has 0 radical (unpaired) electrons. The summed E-state index contributed by atoms with van der Waals surface area (Å²) in [6.07, 6.45) is 4.38. The summed E-state index contributed by atoms with van der Waals surface area (Å²) in [6.45, 7) is 10.2. The second-order valence-electron chi connectivity index (χ2n) is 7.81. The van der Waals surface area contributed by atoms with E-state index in [2.05, 4.69) is 30.7 Å². The van der Waals surface area contributed by atoms with Gasteiger partial charge in [-0.15, -0.1) is 0 Å². The predicted octanol–water partition coefficient (Wildman–Crippen LogP) is 2.40. The molecule has 2 aromatic rings. The van der Waals surface area contributed by atoms with Crippen molar-refractivity contribution in [1.29, 1.82) is 0 Å². The first-order chi connectivity index (χ1) is 11.3. The van der Waals surface area contributed by atoms with Crippen LogP contribution < -0.4 is 5.56 Å². The smallest absolute Gasteiger partial charge is 0.262 e. The van der Waals surface area contributed by atoms with Crippen LogP contribution >= 0.6 is 0 Å². The molecule has 0 saturated carbocycles. The molecule has 128 valence electrons. The SMILES string of the molecule is CC(=O)[C@@H]1CCN(Cc2cnc3cc(C(C)(C)C)ccn3c2=O)C1. The lowest BCUT2D eigenvalue weighted by atomic mass is 9.88. The van der Waals surface area contributed by atoms with Crippen LogP contribution in [0.1, 0.15) is 45.2 Å². The lowest BCUT2D eigenvalue weighted by Gasteiger charge is -2.19. The number of Topliss-reactive ketones (excluding diaryl/α,β-unsaturated/α-hetero) is 1. The van der Waals surface area contributed by atoms with Gasteiger partial charge in [-0.1, -0.05) is 20.8 Å². The summed E-state index contributed by atoms with van der Waals surface area (Å²) < 4.78 is 1.61. The van der Waals surface area contributed by atoms with E-state index in [-0.39, 0.29) is 22.7 Å². The zero-order chi connectivity index (χ0) is 17.5. The van der Waals surface area contributed by atoms with E-state index in [1.165, 1.54) is 0 Å². The van der Waals surface area contributed by atoms with E-state index >= 15 is 0 Å². The molecule has 0 aromatic carbocycles. The van der Waals surface area contributed by atoms with E-state index in [4.69, 9.17) is 0 Å². The van der Waals surface area contributed by atoms with Gasteiger partial charge in [0.25, 0.3) is 5.56 Å². The fourth-order valence-electron chi connectivity index (χ4n) is 3.24. The molecule has 1 aliphatic rings. The molecule has 2 aromatic heterocycles. The maximum atomic E-state index is 12.7. The van der Waals surface area contributed by atoms with Gasteiger partial charge in [-0.25, -0.2) is 4.98 Å². The van der Waals surface area contributed by atoms with Gasteiger partial charge in [0.05, 0.1) is 5.56 Å². The highest BCUT2D eigenvalue weighted by atomic mass is 16.1. The standard InChI is InChI=1S/C19H25N3O2/c1-13(23)14-5-7-21(11-14)12-15-10-20-17-9-16(19(2,3)4)6-8-22(17)18(15)24/h6,8-10,14H,5,7,11-12H2,1-4H3/t14-/m1/s1. The number of rotatable bonds is 3. The Morgan fingerprint density at radius 3 is 2.75 bits per heavy atom. The molecule has 1 atom stereocenters. The molecule has 3 rings (SSSR count). The maximum absolute atomic E-state index is 12.7. The third-order valence-corrected chi connectivity index (χ3v) is 4.89. The summed E-state index contributed by atoms with van der Waals surface area (Å²) in [5.74, 6) is 0.344. The average Bonchev–Trinajstić information content (AvgIpc) is 2.98. The molecule has 5 heteroatoms. The number of carbonyl (C=O) groups excluding carboxylic acids is 1. The van der Waals surface area contributed by atoms with Crippen LogP contribution in [0, 0.1) is 5.92 Å². The van der Waals surface area contributed by atoms with Crippen molar-refractivity contribution >= 4 is 11.4 Å². The van der Waals surface area contributed by atoms with Gasteiger partial charge in [-0.3, -0.25) is 18.9 Å². The van der Waals surface area contributed by atoms with Gasteiger partial charge in [0.15, 0.2) is 0 Å². The Morgan fingerprint density at radius 2 is 2.12 bits per heavy atom. The van der Waals surface area contributed by atoms with E-state index in [1.54, 1.807) is 17.5 Å². The molecular formula is C19H25N3O2. The molecule has 5 nitrogen and oxygen atoms in total. The van der Waals surface area contributed by atoms with Crippen LogP contribution in [-0.2, 0) is 16.8 Å². The van der Waals surface area contributed by atoms with E-state index in [0.717, 1.165) is 25.1 Å². The summed E-state index contributed by atoms with van der Waals surface area (Å²) in [5.41, 5.74) is 2.52. The summed E-state index contributed by atoms with van der Waals surface area (Å²) >= 11 is 0. The van der Waals surface area contributed by atoms with Crippen LogP contribution in [0.25, 0.3) is 5.65 Å². The second-order valence-corrected chi connectivity index (χ2v) is 7.81. The summed E-state index contributed by atoms with van der Waals surface area (Å²) in [5, 5.41) is 0. The highest BCUT2D eigenvalue weighted by Crippen LogP contribution is 2.22. The normalized spacial score (nSPS) is 19.1. The number of pyridine rings is 1. The van der Waals surface area contributed by atoms with Crippen LogP contribution in [0.15, 0.2) is 29.3 Å². The highest BCUT2D eigenvalue weighted by molar-refractivity contribution is 5.78. The molecule has 0 amide bonds. The van der Waals surface area contributed by atoms with E-state index in [1.807, 2.05) is 18.3 Å². The minimum Gasteiger partial charge on any atom is -0.300 e. The number of carbonyl (C=O) groups is 1. The van der Waals surface area contributed by atoms with Crippen LogP contribution in [0.3, 0.4) is 0 Å². The Hall–Kier alpha value is -2.01. The monoisotopic (exact) mass is 327 g/mol. The van der Waals surface area contributed by atoms with Gasteiger partial charge in [-0.2, -0.15) is 0 Å². The molecule has 0 spiro atoms. The third kappa shape index (κ3) is 3.26. The molecule has 24 heavy (non-hydrogen) atoms. The largest absolute Gasteiger partial charge is 0.300 e. The van der Waals surface area contributed by atoms with Crippen molar-refractivity contribution in [3.63, 3.8) is 0 Å². The number of hydrogen-bond donors (Lipinski definition) is 0. The first kappa shape index (κ1) is 16.8. The average molecular weight is 327 g/mol. The van der Waals surface area contributed by atoms with Gasteiger partial charge in [0.1, 0.15) is 11.4 Å². The van der Waals surface area contributed by atoms with Crippen molar-refractivity contribution in [3.05, 3.63) is 46.0 Å². The topological polar surface area (TPSA) is 54.7 Å². The quantitative estimate of drug-likeness (QED) is 0.869. The summed E-state index contributed by atoms with van der Waals surface area (Å²) in [4.78, 5) is 30.9. The van der Waals surface area contributed by atoms with Crippen molar-refractivity contribution in [2.75, 3.05) is 13.1 Å². The second kappa shape index (κ2) is 6.13. The van der Waals surface area contributed by atoms with Gasteiger partial charge >= 0.3 is 0 Å². The number of fused-ring (bicyclic) bond motifs is 1. The molecular weight excluding hydrogens is 302 g/mol. The van der Waals surface area contributed by atoms with Crippen molar-refractivity contribution in [1.82, 2.24) is 14.3 Å². The Balaban J connectivity index is 1.87. The van der Waals surface area contributed by atoms with Crippen LogP contribution in [0.4, 0.5) is 0 Å². The molecule has 1 aliphatic heterocycles. The molecule has 0 unspecified atom stereocenters. The van der Waals surface area contributed by atoms with Crippen LogP contribution in [0.2, 0.25) is 0 Å². The zero-order valence-electron chi connectivity index (χ0n) is 14.9. The Bertz CT molecular complexity index is 833. The van der Waals surface area contributed by atoms with E-state index in [9.17, 15) is 9.59 Å². The first-order valence-electron chi connectivity index (χ1n) is 8.49. The van der Waals surface area contributed by atoms with E-state index < -0.39 is 0 Å². The predicted molar refractivity (Wildman–Crippen MR) is 94.2 cm³/mol. The van der Waals surface area contributed by atoms with Crippen molar-refractivity contribution in [2.24, 2.45) is 5.92 Å². The molecule has 0 bridgehead atoms. The molecule has 1 fully saturated rings. The van der Waals surface area contributed by atoms with Crippen molar-refractivity contribution < 1.29 is 4.79 Å². The number of likely N-dealkylation sites (tertiary alicyclic amines) is 1. The van der Waals surface area contributed by atoms with Crippen LogP contribution in [0.5, 0.6) is 0 Å². The minimum absolute atomic E-state index is 0.0215. The Labute approximate surface area is 142 Å². The van der Waals surface area contributed by atoms with Crippen molar-refractivity contribution in [3.8, 4) is 0 Å². The molecule has 3 heterocycles. The lowest BCUT2D eigenvalue weighted by molar-refractivity contribution is -0.120. The third-order valence-electron chi connectivity index (χ3n) is 4.89. The number of aromatic nitrogens is 2. The van der Waals surface area contributed by atoms with Crippen LogP contribution in [-0.4, -0.2) is 33.2 Å². The lowest BCUT2D eigenvalue weighted by Crippen LogP contribution is -2.28. The Kier molecular flexibility index (Phi) is 4.30. The fourth-order valence-corrected chi connectivity index (χ4v) is 3.24. The first-order valence-corrected chi connectivity index (χ1v) is 8.49. The fraction of sp³-hybridized carbons (Fsp3) is 0.526. The number of nitrogens with zero attached hydrogens (tertiary/aromatic N) is 3. The van der Waals surface area contributed by atoms with Crippen molar-refractivity contribution in [2.45, 2.75) is 46.1 Å². The summed E-state index contributed by atoms with van der Waals surface area (Å²) in [7, 11) is 0. The molecule has 0 N–H and O–H groups in total. The number of ketones is 1. The molecule has 0 aliphatic carbocycles. The van der Waals surface area contributed by atoms with E-state index in [0.29, 0.717) is 17.8 Å². The van der Waals surface area contributed by atoms with Gasteiger partial charge in [-0.05, 0) is 43.0 Å². The summed E-state index contributed by atoms with van der Waals surface area (Å²) in [6, 6.07) is 3.97. The maximum Gasteiger partial charge on any atom is 0.262 e. The number of hydrogen-bond acceptors (Lipinski definition) is 4. The highest BCUT2D eigenvalue weighted by Gasteiger charge is 2.26. The zero-order valence-corrected chi connectivity index (χ0v) is 14.9. The van der Waals surface area contributed by atoms with Gasteiger partial charge in [0.2, 0.25) is 0 Å².